The van der Waals surface area contributed by atoms with Gasteiger partial charge < -0.3 is 9.64 Å². The van der Waals surface area contributed by atoms with Crippen molar-refractivity contribution in [3.05, 3.63) is 28.8 Å². The van der Waals surface area contributed by atoms with Crippen molar-refractivity contribution in [1.29, 1.82) is 0 Å². The molecule has 0 N–H and O–H groups in total. The molecule has 0 saturated heterocycles. The number of para-hydroxylation sites is 1. The minimum Gasteiger partial charge on any atom is -0.378 e. The number of halogens is 2. The Morgan fingerprint density at radius 3 is 2.72 bits per heavy atom. The average Bonchev–Trinajstić information content (AvgIpc) is 2.61. The van der Waals surface area contributed by atoms with Crippen molar-refractivity contribution in [2.75, 3.05) is 30.5 Å². The van der Waals surface area contributed by atoms with Crippen LogP contribution >= 0.6 is 23.2 Å². The number of carbonyl (C=O) groups is 2. The molecule has 2 rings (SSSR count). The number of Topliss-reactive ketones (excluding diaryl/α,β-unsaturated/α-hetero) is 1. The van der Waals surface area contributed by atoms with Crippen LogP contribution in [-0.2, 0) is 9.53 Å². The predicted octanol–water partition coefficient (Wildman–Crippen LogP) is 2.12. The van der Waals surface area contributed by atoms with E-state index in [-0.39, 0.29) is 6.54 Å². The fourth-order valence-electron chi connectivity index (χ4n) is 1.84. The summed E-state index contributed by atoms with van der Waals surface area (Å²) >= 11 is 11.5. The number of hydrogen-bond acceptors (Lipinski definition) is 3. The van der Waals surface area contributed by atoms with Crippen LogP contribution in [0.2, 0.25) is 5.02 Å². The highest BCUT2D eigenvalue weighted by atomic mass is 35.5. The van der Waals surface area contributed by atoms with Crippen molar-refractivity contribution >= 4 is 40.6 Å². The number of alkyl halides is 1. The van der Waals surface area contributed by atoms with Crippen LogP contribution in [0, 0.1) is 0 Å². The maximum absolute atomic E-state index is 11.8. The van der Waals surface area contributed by atoms with Gasteiger partial charge in [0.05, 0.1) is 29.5 Å². The van der Waals surface area contributed by atoms with Crippen LogP contribution in [0.3, 0.4) is 0 Å². The summed E-state index contributed by atoms with van der Waals surface area (Å²) in [6.45, 7) is 1.02. The third kappa shape index (κ3) is 2.36. The van der Waals surface area contributed by atoms with E-state index in [2.05, 4.69) is 0 Å². The van der Waals surface area contributed by atoms with Gasteiger partial charge in [0.15, 0.2) is 0 Å². The molecule has 0 fully saturated rings. The normalized spacial score (nSPS) is 14.2. The van der Waals surface area contributed by atoms with E-state index in [0.717, 1.165) is 0 Å². The van der Waals surface area contributed by atoms with Crippen molar-refractivity contribution in [1.82, 2.24) is 0 Å². The van der Waals surface area contributed by atoms with Gasteiger partial charge in [0.1, 0.15) is 0 Å². The summed E-state index contributed by atoms with van der Waals surface area (Å²) in [6.07, 6.45) is 0. The van der Waals surface area contributed by atoms with Gasteiger partial charge in [-0.3, -0.25) is 9.59 Å². The number of fused-ring (bicyclic) bond motifs is 1. The second-order valence-electron chi connectivity index (χ2n) is 3.72. The van der Waals surface area contributed by atoms with Crippen molar-refractivity contribution in [2.45, 2.75) is 0 Å². The lowest BCUT2D eigenvalue weighted by Gasteiger charge is -2.17. The molecule has 1 aromatic rings. The summed E-state index contributed by atoms with van der Waals surface area (Å²) < 4.78 is 5.20. The van der Waals surface area contributed by atoms with Crippen molar-refractivity contribution in [3.63, 3.8) is 0 Å². The molecule has 0 aromatic heterocycles. The molecule has 0 atom stereocenters. The van der Waals surface area contributed by atoms with Crippen molar-refractivity contribution < 1.29 is 14.3 Å². The van der Waals surface area contributed by atoms with Gasteiger partial charge in [0, 0.05) is 12.4 Å². The van der Waals surface area contributed by atoms with Crippen LogP contribution in [0.1, 0.15) is 10.4 Å². The van der Waals surface area contributed by atoms with Crippen LogP contribution in [0.25, 0.3) is 0 Å². The first-order valence-electron chi connectivity index (χ1n) is 5.45. The quantitative estimate of drug-likeness (QED) is 0.473. The third-order valence-electron chi connectivity index (χ3n) is 2.62. The van der Waals surface area contributed by atoms with E-state index in [1.165, 1.54) is 4.90 Å². The summed E-state index contributed by atoms with van der Waals surface area (Å²) in [5.74, 6) is -0.693. The monoisotopic (exact) mass is 287 g/mol. The molecule has 1 amide bonds. The zero-order valence-corrected chi connectivity index (χ0v) is 11.0. The molecular formula is C12H11Cl2NO3. The number of benzene rings is 1. The molecule has 0 spiro atoms. The Labute approximate surface area is 114 Å². The molecule has 1 heterocycles. The molecule has 1 aliphatic rings. The lowest BCUT2D eigenvalue weighted by atomic mass is 10.1. The third-order valence-corrected chi connectivity index (χ3v) is 3.08. The number of nitrogens with zero attached hydrogens (tertiary/aromatic N) is 1. The molecule has 0 unspecified atom stereocenters. The van der Waals surface area contributed by atoms with Crippen LogP contribution in [0.4, 0.5) is 5.69 Å². The standard InChI is InChI=1S/C12H11Cl2NO3/c13-4-6-18-7-5-15-10-8(11(16)12(15)17)2-1-3-9(10)14/h1-3H,4-7H2. The molecule has 0 radical (unpaired) electrons. The highest BCUT2D eigenvalue weighted by molar-refractivity contribution is 6.54. The zero-order valence-electron chi connectivity index (χ0n) is 9.49. The van der Waals surface area contributed by atoms with Gasteiger partial charge in [-0.2, -0.15) is 0 Å². The van der Waals surface area contributed by atoms with Crippen LogP contribution < -0.4 is 4.90 Å². The topological polar surface area (TPSA) is 46.6 Å². The number of amides is 1. The van der Waals surface area contributed by atoms with Gasteiger partial charge in [0.25, 0.3) is 11.7 Å². The maximum atomic E-state index is 11.8. The SMILES string of the molecule is O=C1C(=O)N(CCOCCCl)c2c(Cl)cccc21. The Morgan fingerprint density at radius 2 is 2.00 bits per heavy atom. The lowest BCUT2D eigenvalue weighted by Crippen LogP contribution is -2.33. The van der Waals surface area contributed by atoms with Gasteiger partial charge in [-0.1, -0.05) is 17.7 Å². The second-order valence-corrected chi connectivity index (χ2v) is 4.51. The largest absolute Gasteiger partial charge is 0.378 e. The Morgan fingerprint density at radius 1 is 1.22 bits per heavy atom. The maximum Gasteiger partial charge on any atom is 0.299 e. The van der Waals surface area contributed by atoms with Crippen molar-refractivity contribution in [3.8, 4) is 0 Å². The Hall–Kier alpha value is -1.10. The van der Waals surface area contributed by atoms with E-state index in [1.807, 2.05) is 0 Å². The van der Waals surface area contributed by atoms with Gasteiger partial charge >= 0.3 is 0 Å². The molecule has 1 aliphatic heterocycles. The Kier molecular flexibility index (Phi) is 4.22. The molecule has 18 heavy (non-hydrogen) atoms. The number of ether oxygens (including phenoxy) is 1. The Balaban J connectivity index is 2.17. The summed E-state index contributed by atoms with van der Waals surface area (Å²) in [4.78, 5) is 24.9. The van der Waals surface area contributed by atoms with E-state index in [0.29, 0.717) is 35.4 Å². The van der Waals surface area contributed by atoms with Gasteiger partial charge in [-0.25, -0.2) is 0 Å². The molecule has 0 bridgehead atoms. The van der Waals surface area contributed by atoms with Gasteiger partial charge in [-0.15, -0.1) is 11.6 Å². The minimum absolute atomic E-state index is 0.290. The number of rotatable bonds is 5. The number of carbonyl (C=O) groups excluding carboxylic acids is 2. The smallest absolute Gasteiger partial charge is 0.299 e. The fourth-order valence-corrected chi connectivity index (χ4v) is 2.22. The average molecular weight is 288 g/mol. The fraction of sp³-hybridized carbons (Fsp3) is 0.333. The summed E-state index contributed by atoms with van der Waals surface area (Å²) in [6, 6.07) is 4.90. The Bertz CT molecular complexity index is 490. The first-order valence-corrected chi connectivity index (χ1v) is 6.36. The molecule has 0 saturated carbocycles. The molecule has 1 aromatic carbocycles. The lowest BCUT2D eigenvalue weighted by molar-refractivity contribution is -0.114. The van der Waals surface area contributed by atoms with Crippen LogP contribution in [-0.4, -0.2) is 37.3 Å². The molecule has 96 valence electrons. The van der Waals surface area contributed by atoms with Gasteiger partial charge in [-0.05, 0) is 12.1 Å². The van der Waals surface area contributed by atoms with Crippen molar-refractivity contribution in [2.24, 2.45) is 0 Å². The van der Waals surface area contributed by atoms with E-state index in [1.54, 1.807) is 18.2 Å². The van der Waals surface area contributed by atoms with E-state index in [9.17, 15) is 9.59 Å². The molecular weight excluding hydrogens is 277 g/mol. The zero-order chi connectivity index (χ0) is 13.1. The summed E-state index contributed by atoms with van der Waals surface area (Å²) in [7, 11) is 0. The summed E-state index contributed by atoms with van der Waals surface area (Å²) in [5, 5.41) is 0.393. The molecule has 6 heteroatoms. The highest BCUT2D eigenvalue weighted by Gasteiger charge is 2.36. The van der Waals surface area contributed by atoms with Gasteiger partial charge in [0.2, 0.25) is 0 Å². The second kappa shape index (κ2) is 5.69. The van der Waals surface area contributed by atoms with Crippen LogP contribution in [0.5, 0.6) is 0 Å². The van der Waals surface area contributed by atoms with Crippen LogP contribution in [0.15, 0.2) is 18.2 Å². The molecule has 4 nitrogen and oxygen atoms in total. The molecule has 0 aliphatic carbocycles. The minimum atomic E-state index is -0.562. The van der Waals surface area contributed by atoms with E-state index >= 15 is 0 Å². The predicted molar refractivity (Wildman–Crippen MR) is 69.7 cm³/mol. The summed E-state index contributed by atoms with van der Waals surface area (Å²) in [5.41, 5.74) is 0.827. The number of hydrogen-bond donors (Lipinski definition) is 0. The number of ketones is 1. The van der Waals surface area contributed by atoms with E-state index in [4.69, 9.17) is 27.9 Å². The first-order chi connectivity index (χ1) is 8.66. The van der Waals surface area contributed by atoms with E-state index < -0.39 is 11.7 Å². The highest BCUT2D eigenvalue weighted by Crippen LogP contribution is 2.35. The number of anilines is 1. The first kappa shape index (κ1) is 13.3.